The first-order chi connectivity index (χ1) is 32.3. The van der Waals surface area contributed by atoms with E-state index >= 15 is 0 Å². The highest BCUT2D eigenvalue weighted by molar-refractivity contribution is 8.02. The molecule has 0 saturated heterocycles. The molecular weight excluding hydrogens is 872 g/mol. The van der Waals surface area contributed by atoms with Crippen LogP contribution < -0.4 is 10.4 Å². The number of benzene rings is 2. The first kappa shape index (κ1) is 52.9. The fourth-order valence-corrected chi connectivity index (χ4v) is 13.4. The van der Waals surface area contributed by atoms with Crippen LogP contribution in [0.5, 0.6) is 0 Å². The number of nitrogens with zero attached hydrogens (tertiary/aromatic N) is 2. The summed E-state index contributed by atoms with van der Waals surface area (Å²) >= 11 is 3.83. The van der Waals surface area contributed by atoms with E-state index in [0.29, 0.717) is 23.7 Å². The minimum atomic E-state index is -0.125. The number of rotatable bonds is 13. The summed E-state index contributed by atoms with van der Waals surface area (Å²) in [5.74, 6) is 5.28. The predicted molar refractivity (Wildman–Crippen MR) is 310 cm³/mol. The Morgan fingerprint density at radius 3 is 2.17 bits per heavy atom. The van der Waals surface area contributed by atoms with Crippen molar-refractivity contribution in [2.24, 2.45) is 45.3 Å². The first-order valence-corrected chi connectivity index (χ1v) is 28.1. The van der Waals surface area contributed by atoms with Crippen LogP contribution in [0.2, 0.25) is 0 Å². The van der Waals surface area contributed by atoms with Crippen molar-refractivity contribution in [2.75, 3.05) is 4.90 Å². The first-order valence-electron chi connectivity index (χ1n) is 26.4. The van der Waals surface area contributed by atoms with Gasteiger partial charge in [-0.05, 0) is 164 Å². The molecule has 2 aromatic carbocycles. The van der Waals surface area contributed by atoms with Crippen molar-refractivity contribution in [3.8, 4) is 0 Å². The van der Waals surface area contributed by atoms with Crippen molar-refractivity contribution in [1.82, 2.24) is 4.90 Å². The molecule has 0 radical (unpaired) electrons. The Morgan fingerprint density at radius 2 is 1.55 bits per heavy atom. The molecule has 0 fully saturated rings. The van der Waals surface area contributed by atoms with Crippen molar-refractivity contribution in [3.63, 3.8) is 0 Å². The molecule has 1 aliphatic carbocycles. The van der Waals surface area contributed by atoms with Gasteiger partial charge < -0.3 is 9.80 Å². The van der Waals surface area contributed by atoms with Gasteiger partial charge in [0.2, 0.25) is 6.71 Å². The quantitative estimate of drug-likeness (QED) is 0.125. The van der Waals surface area contributed by atoms with E-state index in [2.05, 4.69) is 223 Å². The molecule has 5 heteroatoms. The number of hydrogen-bond acceptors (Lipinski definition) is 4. The molecule has 0 saturated carbocycles. The third kappa shape index (κ3) is 11.4. The van der Waals surface area contributed by atoms with E-state index in [0.717, 1.165) is 24.8 Å². The highest BCUT2D eigenvalue weighted by Gasteiger charge is 2.43. The molecule has 69 heavy (non-hydrogen) atoms. The van der Waals surface area contributed by atoms with Crippen LogP contribution >= 0.6 is 23.1 Å². The lowest BCUT2D eigenvalue weighted by Crippen LogP contribution is -2.46. The summed E-state index contributed by atoms with van der Waals surface area (Å²) in [7, 11) is 0. The lowest BCUT2D eigenvalue weighted by Gasteiger charge is -2.43. The van der Waals surface area contributed by atoms with E-state index in [9.17, 15) is 0 Å². The topological polar surface area (TPSA) is 6.48 Å². The molecule has 0 bridgehead atoms. The standard InChI is InChI=1S/C64H87BN2S2/c1-19-47(64(17,18)32-30-42(3)4)37-49-40-65-55(41-67(49)48-26-23-24-34-68-57-27-22-21-25-46(57)36-48)56(35-45(7)61(8,9)10)66(33-31-54(63(14,15)16)53(20-2)62(11,12)13)60-59(65)52-38-50-43(5)28-29-44(6)51(50)39-58(52)69-60/h19-22,24-25,27,31,33-36,38-44,47,53-54H,1-2,7,23,26,28-30,32,37H2,3-6,8-18H3/b33-31+,34-24+,48-36-,56-35+. The zero-order valence-electron chi connectivity index (χ0n) is 45.6. The lowest BCUT2D eigenvalue weighted by atomic mass is 9.37. The maximum atomic E-state index is 4.83. The molecule has 1 aromatic heterocycles. The molecule has 3 aromatic rings. The van der Waals surface area contributed by atoms with Crippen LogP contribution in [0.15, 0.2) is 143 Å². The molecule has 4 aliphatic rings. The zero-order valence-corrected chi connectivity index (χ0v) is 47.2. The smallest absolute Gasteiger partial charge is 0.245 e. The van der Waals surface area contributed by atoms with Gasteiger partial charge in [0.05, 0.1) is 5.00 Å². The van der Waals surface area contributed by atoms with Crippen molar-refractivity contribution < 1.29 is 0 Å². The van der Waals surface area contributed by atoms with Crippen molar-refractivity contribution in [1.29, 1.82) is 0 Å². The van der Waals surface area contributed by atoms with Gasteiger partial charge in [0.15, 0.2) is 0 Å². The van der Waals surface area contributed by atoms with Crippen molar-refractivity contribution >= 4 is 56.4 Å². The zero-order chi connectivity index (χ0) is 50.4. The Morgan fingerprint density at radius 1 is 0.884 bits per heavy atom. The minimum Gasteiger partial charge on any atom is -0.326 e. The van der Waals surface area contributed by atoms with Gasteiger partial charge in [-0.15, -0.1) is 24.5 Å². The molecule has 3 aliphatic heterocycles. The predicted octanol–water partition coefficient (Wildman–Crippen LogP) is 19.2. The summed E-state index contributed by atoms with van der Waals surface area (Å²) < 4.78 is 1.40. The normalized spacial score (nSPS) is 22.3. The average molecular weight is 959 g/mol. The van der Waals surface area contributed by atoms with E-state index in [1.165, 1.54) is 79.3 Å². The maximum Gasteiger partial charge on any atom is 0.245 e. The molecule has 5 unspecified atom stereocenters. The molecule has 0 N–H and O–H groups in total. The van der Waals surface area contributed by atoms with E-state index in [4.69, 9.17) is 6.58 Å². The Balaban J connectivity index is 1.56. The van der Waals surface area contributed by atoms with Gasteiger partial charge in [-0.1, -0.05) is 183 Å². The average Bonchev–Trinajstić information content (AvgIpc) is 3.68. The second-order valence-electron chi connectivity index (χ2n) is 25.5. The number of fused-ring (bicyclic) bond motifs is 7. The van der Waals surface area contributed by atoms with Gasteiger partial charge in [0, 0.05) is 39.1 Å². The van der Waals surface area contributed by atoms with E-state index < -0.39 is 0 Å². The number of hydrogen-bond donors (Lipinski definition) is 0. The van der Waals surface area contributed by atoms with Crippen molar-refractivity contribution in [3.05, 3.63) is 155 Å². The Hall–Kier alpha value is -3.93. The van der Waals surface area contributed by atoms with Crippen LogP contribution in [0.25, 0.3) is 16.2 Å². The number of allylic oxidation sites excluding steroid dienone is 9. The van der Waals surface area contributed by atoms with Crippen LogP contribution in [0, 0.1) is 45.3 Å². The Labute approximate surface area is 429 Å². The molecule has 0 amide bonds. The van der Waals surface area contributed by atoms with Gasteiger partial charge in [-0.2, -0.15) is 0 Å². The second-order valence-corrected chi connectivity index (χ2v) is 27.5. The molecular formula is C64H87BN2S2. The van der Waals surface area contributed by atoms with Crippen LogP contribution in [0.3, 0.4) is 0 Å². The third-order valence-electron chi connectivity index (χ3n) is 16.2. The third-order valence-corrected chi connectivity index (χ3v) is 18.3. The van der Waals surface area contributed by atoms with Crippen LogP contribution in [-0.2, 0) is 0 Å². The Kier molecular flexibility index (Phi) is 15.8. The Bertz CT molecular complexity index is 2600. The van der Waals surface area contributed by atoms with E-state index in [-0.39, 0.29) is 40.2 Å². The highest BCUT2D eigenvalue weighted by atomic mass is 32.2. The fraction of sp³-hybridized carbons (Fsp3) is 0.500. The summed E-state index contributed by atoms with van der Waals surface area (Å²) in [6.45, 7) is 49.7. The van der Waals surface area contributed by atoms with Crippen LogP contribution in [0.4, 0.5) is 5.00 Å². The van der Waals surface area contributed by atoms with Gasteiger partial charge >= 0.3 is 0 Å². The molecule has 5 atom stereocenters. The largest absolute Gasteiger partial charge is 0.326 e. The van der Waals surface area contributed by atoms with Gasteiger partial charge in [-0.3, -0.25) is 0 Å². The maximum absolute atomic E-state index is 4.83. The van der Waals surface area contributed by atoms with Gasteiger partial charge in [-0.25, -0.2) is 0 Å². The summed E-state index contributed by atoms with van der Waals surface area (Å²) in [6, 6.07) is 14.2. The number of thioether (sulfide) groups is 1. The van der Waals surface area contributed by atoms with Crippen LogP contribution in [0.1, 0.15) is 177 Å². The van der Waals surface area contributed by atoms with Crippen molar-refractivity contribution in [2.45, 2.75) is 166 Å². The number of thiophene rings is 1. The fourth-order valence-electron chi connectivity index (χ4n) is 11.3. The van der Waals surface area contributed by atoms with Crippen LogP contribution in [-0.4, -0.2) is 11.6 Å². The van der Waals surface area contributed by atoms with E-state index in [1.807, 2.05) is 23.1 Å². The highest BCUT2D eigenvalue weighted by Crippen LogP contribution is 2.50. The SMILES string of the molecule is C=CC(C(/C=C/N1/C(=C/C(=C)C(C)(C)C)C2=CN(/C3=C\c4ccccc4S/C=C/CC3)C(CC(C=C)C(C)(C)CCC(C)C)=CB2c2c1sc1cc3c(cc21)C(C)CCC3C)C(C)(C)C)C(C)(C)C. The molecule has 0 spiro atoms. The summed E-state index contributed by atoms with van der Waals surface area (Å²) in [4.78, 5) is 6.52. The monoisotopic (exact) mass is 959 g/mol. The molecule has 7 rings (SSSR count). The van der Waals surface area contributed by atoms with E-state index in [1.54, 1.807) is 11.1 Å². The molecule has 4 heterocycles. The second kappa shape index (κ2) is 20.7. The minimum absolute atomic E-state index is 0.00374. The molecule has 368 valence electrons. The summed E-state index contributed by atoms with van der Waals surface area (Å²) in [6.07, 6.45) is 27.0. The molecule has 2 nitrogen and oxygen atoms in total. The lowest BCUT2D eigenvalue weighted by molar-refractivity contribution is 0.143. The summed E-state index contributed by atoms with van der Waals surface area (Å²) in [5, 5.41) is 5.04. The van der Waals surface area contributed by atoms with Gasteiger partial charge in [0.25, 0.3) is 0 Å². The number of anilines is 1. The summed E-state index contributed by atoms with van der Waals surface area (Å²) in [5.41, 5.74) is 12.2. The van der Waals surface area contributed by atoms with Gasteiger partial charge in [0.1, 0.15) is 0 Å².